The molecule has 2 atom stereocenters. The predicted molar refractivity (Wildman–Crippen MR) is 68.5 cm³/mol. The lowest BCUT2D eigenvalue weighted by molar-refractivity contribution is -0.146. The number of benzene rings is 1. The largest absolute Gasteiger partial charge is 0.335 e. The number of alkyl halides is 1. The Hall–Kier alpha value is -0.830. The maximum absolute atomic E-state index is 11.5. The van der Waals surface area contributed by atoms with Crippen molar-refractivity contribution in [2.75, 3.05) is 6.54 Å². The van der Waals surface area contributed by atoms with Crippen LogP contribution in [0.2, 0.25) is 0 Å². The number of carbonyl (C=O) groups excluding carboxylic acids is 1. The van der Waals surface area contributed by atoms with Gasteiger partial charge in [-0.3, -0.25) is 4.79 Å². The highest BCUT2D eigenvalue weighted by Crippen LogP contribution is 2.34. The Morgan fingerprint density at radius 2 is 2.12 bits per heavy atom. The Kier molecular flexibility index (Phi) is 3.64. The molecule has 2 nitrogen and oxygen atoms in total. The number of halogens is 1. The predicted octanol–water partition coefficient (Wildman–Crippen LogP) is 3.13. The molecule has 1 saturated heterocycles. The molecule has 2 rings (SSSR count). The minimum Gasteiger partial charge on any atom is -0.335 e. The fourth-order valence-corrected chi connectivity index (χ4v) is 2.23. The molecule has 0 aromatic heterocycles. The fourth-order valence-electron chi connectivity index (χ4n) is 2.02. The van der Waals surface area contributed by atoms with Crippen molar-refractivity contribution in [2.24, 2.45) is 0 Å². The lowest BCUT2D eigenvalue weighted by Crippen LogP contribution is -2.47. The molecule has 1 fully saturated rings. The second kappa shape index (κ2) is 5.00. The number of likely N-dealkylation sites (tertiary alicyclic amines) is 1. The molecular weight excluding hydrogens is 266 g/mol. The van der Waals surface area contributed by atoms with Gasteiger partial charge in [-0.1, -0.05) is 53.2 Å². The third-order valence-electron chi connectivity index (χ3n) is 3.02. The lowest BCUT2D eigenvalue weighted by atomic mass is 9.93. The molecule has 3 heteroatoms. The summed E-state index contributed by atoms with van der Waals surface area (Å²) in [7, 11) is 0. The van der Waals surface area contributed by atoms with Gasteiger partial charge in [0.2, 0.25) is 5.91 Å². The molecule has 16 heavy (non-hydrogen) atoms. The van der Waals surface area contributed by atoms with E-state index in [1.165, 1.54) is 5.56 Å². The molecule has 1 amide bonds. The third kappa shape index (κ3) is 2.46. The van der Waals surface area contributed by atoms with Gasteiger partial charge in [0.15, 0.2) is 0 Å². The van der Waals surface area contributed by atoms with E-state index in [9.17, 15) is 4.79 Å². The van der Waals surface area contributed by atoms with Gasteiger partial charge in [-0.25, -0.2) is 0 Å². The molecule has 0 spiro atoms. The first kappa shape index (κ1) is 11.6. The van der Waals surface area contributed by atoms with Crippen LogP contribution in [0.1, 0.15) is 31.4 Å². The minimum absolute atomic E-state index is 0.280. The molecule has 1 aromatic carbocycles. The normalized spacial score (nSPS) is 21.8. The fraction of sp³-hybridized carbons (Fsp3) is 0.462. The Morgan fingerprint density at radius 1 is 1.44 bits per heavy atom. The van der Waals surface area contributed by atoms with E-state index in [1.807, 2.05) is 23.1 Å². The summed E-state index contributed by atoms with van der Waals surface area (Å²) in [5, 5.41) is 0. The summed E-state index contributed by atoms with van der Waals surface area (Å²) in [4.78, 5) is 14.0. The van der Waals surface area contributed by atoms with Crippen LogP contribution in [0.5, 0.6) is 0 Å². The molecule has 0 N–H and O–H groups in total. The van der Waals surface area contributed by atoms with Crippen LogP contribution in [0.25, 0.3) is 0 Å². The molecule has 1 aromatic rings. The van der Waals surface area contributed by atoms with E-state index in [2.05, 4.69) is 35.0 Å². The van der Waals surface area contributed by atoms with E-state index in [0.717, 1.165) is 13.0 Å². The Bertz CT molecular complexity index is 363. The molecule has 86 valence electrons. The van der Waals surface area contributed by atoms with Crippen molar-refractivity contribution in [2.45, 2.75) is 30.6 Å². The van der Waals surface area contributed by atoms with Crippen molar-refractivity contribution in [3.8, 4) is 0 Å². The van der Waals surface area contributed by atoms with Crippen LogP contribution < -0.4 is 0 Å². The summed E-state index contributed by atoms with van der Waals surface area (Å²) in [6.45, 7) is 2.96. The number of amides is 1. The van der Waals surface area contributed by atoms with Gasteiger partial charge in [0.1, 0.15) is 0 Å². The van der Waals surface area contributed by atoms with E-state index in [-0.39, 0.29) is 5.91 Å². The number of hydrogen-bond donors (Lipinski definition) is 0. The highest BCUT2D eigenvalue weighted by atomic mass is 79.9. The number of hydrogen-bond acceptors (Lipinski definition) is 1. The van der Waals surface area contributed by atoms with E-state index >= 15 is 0 Å². The topological polar surface area (TPSA) is 20.3 Å². The van der Waals surface area contributed by atoms with Crippen molar-refractivity contribution in [1.29, 1.82) is 0 Å². The molecule has 2 unspecified atom stereocenters. The van der Waals surface area contributed by atoms with Gasteiger partial charge >= 0.3 is 0 Å². The first-order chi connectivity index (χ1) is 7.68. The van der Waals surface area contributed by atoms with E-state index in [1.54, 1.807) is 0 Å². The quantitative estimate of drug-likeness (QED) is 0.613. The third-order valence-corrected chi connectivity index (χ3v) is 3.47. The van der Waals surface area contributed by atoms with Crippen LogP contribution in [-0.2, 0) is 4.79 Å². The number of carbonyl (C=O) groups is 1. The number of nitrogens with zero attached hydrogens (tertiary/aromatic N) is 1. The minimum atomic E-state index is 0.280. The zero-order valence-electron chi connectivity index (χ0n) is 9.40. The molecule has 0 saturated carbocycles. The van der Waals surface area contributed by atoms with Crippen molar-refractivity contribution < 1.29 is 4.79 Å². The van der Waals surface area contributed by atoms with Crippen molar-refractivity contribution in [3.63, 3.8) is 0 Å². The van der Waals surface area contributed by atoms with Gasteiger partial charge in [-0.15, -0.1) is 0 Å². The van der Waals surface area contributed by atoms with Crippen LogP contribution in [-0.4, -0.2) is 22.2 Å². The molecule has 1 aliphatic heterocycles. The Balaban J connectivity index is 1.99. The Labute approximate surface area is 105 Å². The summed E-state index contributed by atoms with van der Waals surface area (Å²) >= 11 is 3.51. The standard InChI is InChI=1S/C13H16BrNO/c1-10(14)7-8-15-12(9-13(15)16)11-5-3-2-4-6-11/h2-6,10,12H,7-9H2,1H3. The molecule has 1 heterocycles. The Morgan fingerprint density at radius 3 is 2.69 bits per heavy atom. The van der Waals surface area contributed by atoms with Crippen molar-refractivity contribution in [1.82, 2.24) is 4.90 Å². The van der Waals surface area contributed by atoms with Gasteiger partial charge < -0.3 is 4.90 Å². The van der Waals surface area contributed by atoms with Crippen molar-refractivity contribution >= 4 is 21.8 Å². The van der Waals surface area contributed by atoms with Gasteiger partial charge in [0.25, 0.3) is 0 Å². The van der Waals surface area contributed by atoms with Gasteiger partial charge in [-0.05, 0) is 12.0 Å². The second-order valence-electron chi connectivity index (χ2n) is 4.29. The maximum Gasteiger partial charge on any atom is 0.225 e. The molecule has 0 aliphatic carbocycles. The molecule has 0 bridgehead atoms. The van der Waals surface area contributed by atoms with Crippen molar-refractivity contribution in [3.05, 3.63) is 35.9 Å². The smallest absolute Gasteiger partial charge is 0.225 e. The average Bonchev–Trinajstić information content (AvgIpc) is 2.26. The number of rotatable bonds is 4. The van der Waals surface area contributed by atoms with Gasteiger partial charge in [0, 0.05) is 11.4 Å². The zero-order valence-corrected chi connectivity index (χ0v) is 11.0. The van der Waals surface area contributed by atoms with Gasteiger partial charge in [0.05, 0.1) is 12.5 Å². The number of β-lactam (4-membered cyclic amide) rings is 1. The molecule has 1 aliphatic rings. The summed E-state index contributed by atoms with van der Waals surface area (Å²) < 4.78 is 0. The molecular formula is C13H16BrNO. The van der Waals surface area contributed by atoms with Crippen LogP contribution in [0.15, 0.2) is 30.3 Å². The zero-order chi connectivity index (χ0) is 11.5. The van der Waals surface area contributed by atoms with Crippen LogP contribution in [0, 0.1) is 0 Å². The highest BCUT2D eigenvalue weighted by Gasteiger charge is 2.36. The first-order valence-corrected chi connectivity index (χ1v) is 6.58. The van der Waals surface area contributed by atoms with E-state index in [4.69, 9.17) is 0 Å². The van der Waals surface area contributed by atoms with E-state index < -0.39 is 0 Å². The summed E-state index contributed by atoms with van der Waals surface area (Å²) in [5.74, 6) is 0.280. The van der Waals surface area contributed by atoms with Gasteiger partial charge in [-0.2, -0.15) is 0 Å². The second-order valence-corrected chi connectivity index (χ2v) is 5.85. The monoisotopic (exact) mass is 281 g/mol. The first-order valence-electron chi connectivity index (χ1n) is 5.67. The summed E-state index contributed by atoms with van der Waals surface area (Å²) in [5.41, 5.74) is 1.25. The summed E-state index contributed by atoms with van der Waals surface area (Å²) in [6.07, 6.45) is 1.68. The van der Waals surface area contributed by atoms with Crippen LogP contribution >= 0.6 is 15.9 Å². The highest BCUT2D eigenvalue weighted by molar-refractivity contribution is 9.09. The van der Waals surface area contributed by atoms with Crippen LogP contribution in [0.4, 0.5) is 0 Å². The SMILES string of the molecule is CC(Br)CCN1C(=O)CC1c1ccccc1. The molecule has 0 radical (unpaired) electrons. The maximum atomic E-state index is 11.5. The summed E-state index contributed by atoms with van der Waals surface area (Å²) in [6, 6.07) is 10.6. The van der Waals surface area contributed by atoms with E-state index in [0.29, 0.717) is 17.3 Å². The lowest BCUT2D eigenvalue weighted by Gasteiger charge is -2.41. The van der Waals surface area contributed by atoms with Crippen LogP contribution in [0.3, 0.4) is 0 Å². The average molecular weight is 282 g/mol.